The van der Waals surface area contributed by atoms with E-state index in [1.807, 2.05) is 0 Å². The van der Waals surface area contributed by atoms with Gasteiger partial charge in [-0.25, -0.2) is 9.18 Å². The van der Waals surface area contributed by atoms with Crippen molar-refractivity contribution in [1.82, 2.24) is 9.78 Å². The van der Waals surface area contributed by atoms with Crippen molar-refractivity contribution in [2.75, 3.05) is 0 Å². The molecule has 1 rings (SSSR count). The van der Waals surface area contributed by atoms with Gasteiger partial charge in [-0.1, -0.05) is 6.92 Å². The number of hydrogen-bond acceptors (Lipinski definition) is 2. The zero-order valence-corrected chi connectivity index (χ0v) is 8.75. The molecule has 0 spiro atoms. The summed E-state index contributed by atoms with van der Waals surface area (Å²) in [5.74, 6) is -6.92. The van der Waals surface area contributed by atoms with Crippen molar-refractivity contribution < 1.29 is 23.1 Å². The van der Waals surface area contributed by atoms with Crippen molar-refractivity contribution >= 4 is 5.97 Å². The van der Waals surface area contributed by atoms with Crippen LogP contribution in [0.4, 0.5) is 13.2 Å². The molecule has 0 aliphatic carbocycles. The van der Waals surface area contributed by atoms with Gasteiger partial charge in [-0.05, 0) is 6.42 Å². The summed E-state index contributed by atoms with van der Waals surface area (Å²) >= 11 is 0. The normalized spacial score (nSPS) is 13.8. The van der Waals surface area contributed by atoms with Gasteiger partial charge in [0.25, 0.3) is 0 Å². The number of aromatic nitrogens is 2. The number of aliphatic carboxylic acids is 1. The molecule has 1 N–H and O–H groups in total. The van der Waals surface area contributed by atoms with E-state index < -0.39 is 18.1 Å². The second kappa shape index (κ2) is 4.15. The molecule has 16 heavy (non-hydrogen) atoms. The number of carboxylic acid groups (broad SMARTS) is 1. The molecule has 0 amide bonds. The van der Waals surface area contributed by atoms with E-state index in [0.29, 0.717) is 0 Å². The Balaban J connectivity index is 3.13. The third-order valence-corrected chi connectivity index (χ3v) is 2.15. The van der Waals surface area contributed by atoms with Crippen molar-refractivity contribution in [3.63, 3.8) is 0 Å². The van der Waals surface area contributed by atoms with E-state index >= 15 is 0 Å². The van der Waals surface area contributed by atoms with Crippen LogP contribution in [-0.2, 0) is 18.3 Å². The molecule has 0 aliphatic rings. The molecule has 0 aromatic carbocycles. The number of carboxylic acids is 1. The third-order valence-electron chi connectivity index (χ3n) is 2.15. The van der Waals surface area contributed by atoms with Gasteiger partial charge in [-0.2, -0.15) is 13.9 Å². The van der Waals surface area contributed by atoms with Crippen molar-refractivity contribution in [2.45, 2.75) is 25.4 Å². The van der Waals surface area contributed by atoms with Gasteiger partial charge in [-0.3, -0.25) is 4.68 Å². The molecule has 1 aromatic rings. The van der Waals surface area contributed by atoms with Crippen LogP contribution in [0.2, 0.25) is 0 Å². The lowest BCUT2D eigenvalue weighted by Gasteiger charge is -2.15. The Morgan fingerprint density at radius 2 is 2.25 bits per heavy atom. The summed E-state index contributed by atoms with van der Waals surface area (Å²) in [6.07, 6.45) is -1.55. The highest BCUT2D eigenvalue weighted by Gasteiger charge is 2.50. The maximum absolute atomic E-state index is 13.4. The monoisotopic (exact) mass is 236 g/mol. The molecule has 1 atom stereocenters. The minimum atomic E-state index is -4.44. The quantitative estimate of drug-likeness (QED) is 0.865. The molecule has 0 radical (unpaired) electrons. The van der Waals surface area contributed by atoms with Crippen LogP contribution in [0.3, 0.4) is 0 Å². The molecule has 1 heterocycles. The van der Waals surface area contributed by atoms with Gasteiger partial charge < -0.3 is 5.11 Å². The van der Waals surface area contributed by atoms with E-state index in [1.54, 1.807) is 6.92 Å². The number of hydrogen-bond donors (Lipinski definition) is 1. The molecule has 4 nitrogen and oxygen atoms in total. The molecule has 0 aliphatic heterocycles. The fraction of sp³-hybridized carbons (Fsp3) is 0.556. The molecule has 0 saturated carbocycles. The predicted octanol–water partition coefficient (Wildman–Crippen LogP) is 1.71. The van der Waals surface area contributed by atoms with E-state index in [0.717, 1.165) is 6.20 Å². The summed E-state index contributed by atoms with van der Waals surface area (Å²) in [7, 11) is 1.45. The van der Waals surface area contributed by atoms with Gasteiger partial charge >= 0.3 is 11.9 Å². The van der Waals surface area contributed by atoms with Crippen molar-refractivity contribution in [3.05, 3.63) is 17.5 Å². The summed E-state index contributed by atoms with van der Waals surface area (Å²) in [4.78, 5) is 10.2. The summed E-state index contributed by atoms with van der Waals surface area (Å²) < 4.78 is 40.5. The van der Waals surface area contributed by atoms with Gasteiger partial charge in [0, 0.05) is 18.8 Å². The first-order valence-corrected chi connectivity index (χ1v) is 4.58. The molecule has 0 bridgehead atoms. The summed E-state index contributed by atoms with van der Waals surface area (Å²) in [5.41, 5.74) is -0.242. The zero-order chi connectivity index (χ0) is 12.5. The zero-order valence-electron chi connectivity index (χ0n) is 8.75. The third kappa shape index (κ3) is 2.02. The van der Waals surface area contributed by atoms with Gasteiger partial charge in [0.1, 0.15) is 0 Å². The van der Waals surface area contributed by atoms with Crippen LogP contribution in [0.5, 0.6) is 0 Å². The van der Waals surface area contributed by atoms with Crippen molar-refractivity contribution in [1.29, 1.82) is 0 Å². The maximum atomic E-state index is 13.4. The summed E-state index contributed by atoms with van der Waals surface area (Å²) in [6, 6.07) is 0. The summed E-state index contributed by atoms with van der Waals surface area (Å²) in [6.45, 7) is 1.62. The Morgan fingerprint density at radius 1 is 1.69 bits per heavy atom. The average Bonchev–Trinajstić information content (AvgIpc) is 2.57. The van der Waals surface area contributed by atoms with E-state index in [1.165, 1.54) is 11.7 Å². The summed E-state index contributed by atoms with van der Waals surface area (Å²) in [5, 5.41) is 12.0. The van der Waals surface area contributed by atoms with Crippen LogP contribution in [0.1, 0.15) is 24.4 Å². The van der Waals surface area contributed by atoms with Crippen LogP contribution in [0.25, 0.3) is 0 Å². The maximum Gasteiger partial charge on any atom is 0.378 e. The molecule has 90 valence electrons. The van der Waals surface area contributed by atoms with Crippen LogP contribution in [-0.4, -0.2) is 26.8 Å². The van der Waals surface area contributed by atoms with Crippen LogP contribution in [0, 0.1) is 0 Å². The first-order chi connectivity index (χ1) is 7.30. The van der Waals surface area contributed by atoms with Crippen molar-refractivity contribution in [3.8, 4) is 0 Å². The molecule has 1 aromatic heterocycles. The average molecular weight is 236 g/mol. The number of carbonyl (C=O) groups is 1. The van der Waals surface area contributed by atoms with Gasteiger partial charge in [0.15, 0.2) is 0 Å². The topological polar surface area (TPSA) is 55.1 Å². The lowest BCUT2D eigenvalue weighted by Crippen LogP contribution is -2.33. The minimum Gasteiger partial charge on any atom is -0.477 e. The lowest BCUT2D eigenvalue weighted by molar-refractivity contribution is -0.175. The van der Waals surface area contributed by atoms with Crippen LogP contribution < -0.4 is 0 Å². The lowest BCUT2D eigenvalue weighted by atomic mass is 10.0. The largest absolute Gasteiger partial charge is 0.477 e. The standard InChI is InChI=1S/C9H11F3N2O2/c1-3-6-5(4-14(2)13-6)7(10)9(11,12)8(15)16/h4,7H,3H2,1-2H3,(H,15,16). The second-order valence-corrected chi connectivity index (χ2v) is 3.35. The predicted molar refractivity (Wildman–Crippen MR) is 49.0 cm³/mol. The Hall–Kier alpha value is -1.53. The highest BCUT2D eigenvalue weighted by Crippen LogP contribution is 2.36. The Bertz CT molecular complexity index is 403. The highest BCUT2D eigenvalue weighted by molar-refractivity contribution is 5.76. The number of alkyl halides is 3. The van der Waals surface area contributed by atoms with E-state index in [-0.39, 0.29) is 17.7 Å². The fourth-order valence-electron chi connectivity index (χ4n) is 1.34. The highest BCUT2D eigenvalue weighted by atomic mass is 19.3. The van der Waals surface area contributed by atoms with Crippen LogP contribution in [0.15, 0.2) is 6.20 Å². The molecular formula is C9H11F3N2O2. The van der Waals surface area contributed by atoms with E-state index in [2.05, 4.69) is 5.10 Å². The Morgan fingerprint density at radius 3 is 2.69 bits per heavy atom. The van der Waals surface area contributed by atoms with Gasteiger partial charge in [0.2, 0.25) is 6.17 Å². The van der Waals surface area contributed by atoms with Crippen molar-refractivity contribution in [2.24, 2.45) is 7.05 Å². The minimum absolute atomic E-state index is 0.135. The first kappa shape index (κ1) is 12.5. The number of rotatable bonds is 4. The molecule has 1 unspecified atom stereocenters. The fourth-order valence-corrected chi connectivity index (χ4v) is 1.34. The SMILES string of the molecule is CCc1nn(C)cc1C(F)C(F)(F)C(=O)O. The van der Waals surface area contributed by atoms with Gasteiger partial charge in [-0.15, -0.1) is 0 Å². The molecule has 7 heteroatoms. The Labute approximate surface area is 89.7 Å². The Kier molecular flexibility index (Phi) is 3.25. The van der Waals surface area contributed by atoms with E-state index in [4.69, 9.17) is 5.11 Å². The molecular weight excluding hydrogens is 225 g/mol. The van der Waals surface area contributed by atoms with E-state index in [9.17, 15) is 18.0 Å². The second-order valence-electron chi connectivity index (χ2n) is 3.35. The molecule has 0 saturated heterocycles. The van der Waals surface area contributed by atoms with Crippen LogP contribution >= 0.6 is 0 Å². The number of aryl methyl sites for hydroxylation is 2. The number of halogens is 3. The first-order valence-electron chi connectivity index (χ1n) is 4.58. The molecule has 0 fully saturated rings. The number of nitrogens with zero attached hydrogens (tertiary/aromatic N) is 2. The van der Waals surface area contributed by atoms with Gasteiger partial charge in [0.05, 0.1) is 5.69 Å². The smallest absolute Gasteiger partial charge is 0.378 e.